The van der Waals surface area contributed by atoms with Crippen LogP contribution in [-0.2, 0) is 4.79 Å². The lowest BCUT2D eigenvalue weighted by molar-refractivity contribution is -0.117. The van der Waals surface area contributed by atoms with Gasteiger partial charge in [0.15, 0.2) is 0 Å². The average Bonchev–Trinajstić information content (AvgIpc) is 2.56. The van der Waals surface area contributed by atoms with Gasteiger partial charge in [0.25, 0.3) is 5.91 Å². The highest BCUT2D eigenvalue weighted by atomic mass is 19.1. The SMILES string of the molecule is C[C@H](NC(=O)/C(C#N)=C\c1cc(F)ccc1F)c1ccccc1. The zero-order valence-electron chi connectivity index (χ0n) is 12.4. The van der Waals surface area contributed by atoms with Gasteiger partial charge in [0.05, 0.1) is 6.04 Å². The van der Waals surface area contributed by atoms with E-state index in [-0.39, 0.29) is 17.2 Å². The summed E-state index contributed by atoms with van der Waals surface area (Å²) in [6.07, 6.45) is 1.03. The van der Waals surface area contributed by atoms with E-state index in [1.54, 1.807) is 13.0 Å². The van der Waals surface area contributed by atoms with Gasteiger partial charge in [-0.15, -0.1) is 0 Å². The first-order chi connectivity index (χ1) is 11.0. The van der Waals surface area contributed by atoms with E-state index in [1.165, 1.54) is 0 Å². The Bertz CT molecular complexity index is 779. The van der Waals surface area contributed by atoms with E-state index < -0.39 is 17.5 Å². The highest BCUT2D eigenvalue weighted by molar-refractivity contribution is 6.01. The van der Waals surface area contributed by atoms with Crippen molar-refractivity contribution in [3.63, 3.8) is 0 Å². The minimum Gasteiger partial charge on any atom is -0.345 e. The van der Waals surface area contributed by atoms with Crippen molar-refractivity contribution in [2.75, 3.05) is 0 Å². The molecule has 1 amide bonds. The standard InChI is InChI=1S/C18H14F2N2O/c1-12(13-5-3-2-4-6-13)22-18(23)15(11-21)9-14-10-16(19)7-8-17(14)20/h2-10,12H,1H3,(H,22,23)/b15-9-/t12-/m0/s1. The van der Waals surface area contributed by atoms with Gasteiger partial charge >= 0.3 is 0 Å². The molecule has 0 aliphatic carbocycles. The fraction of sp³-hybridized carbons (Fsp3) is 0.111. The number of benzene rings is 2. The van der Waals surface area contributed by atoms with E-state index in [4.69, 9.17) is 5.26 Å². The number of nitriles is 1. The molecule has 1 N–H and O–H groups in total. The Labute approximate surface area is 132 Å². The van der Waals surface area contributed by atoms with Crippen LogP contribution in [0.3, 0.4) is 0 Å². The molecule has 1 atom stereocenters. The van der Waals surface area contributed by atoms with Crippen LogP contribution < -0.4 is 5.32 Å². The van der Waals surface area contributed by atoms with Gasteiger partial charge in [0, 0.05) is 5.56 Å². The molecule has 23 heavy (non-hydrogen) atoms. The lowest BCUT2D eigenvalue weighted by atomic mass is 10.1. The number of rotatable bonds is 4. The number of hydrogen-bond donors (Lipinski definition) is 1. The Morgan fingerprint density at radius 1 is 1.22 bits per heavy atom. The van der Waals surface area contributed by atoms with Gasteiger partial charge in [-0.25, -0.2) is 8.78 Å². The normalized spacial score (nSPS) is 12.3. The molecular weight excluding hydrogens is 298 g/mol. The molecular formula is C18H14F2N2O. The Morgan fingerprint density at radius 3 is 2.57 bits per heavy atom. The lowest BCUT2D eigenvalue weighted by Crippen LogP contribution is -2.27. The van der Waals surface area contributed by atoms with Crippen molar-refractivity contribution in [2.45, 2.75) is 13.0 Å². The highest BCUT2D eigenvalue weighted by Gasteiger charge is 2.14. The number of hydrogen-bond acceptors (Lipinski definition) is 2. The summed E-state index contributed by atoms with van der Waals surface area (Å²) in [6, 6.07) is 13.4. The van der Waals surface area contributed by atoms with E-state index >= 15 is 0 Å². The van der Waals surface area contributed by atoms with Crippen molar-refractivity contribution < 1.29 is 13.6 Å². The fourth-order valence-electron chi connectivity index (χ4n) is 2.03. The summed E-state index contributed by atoms with van der Waals surface area (Å²) in [4.78, 5) is 12.1. The van der Waals surface area contributed by atoms with Gasteiger partial charge in [-0.2, -0.15) is 5.26 Å². The van der Waals surface area contributed by atoms with Crippen LogP contribution in [0.5, 0.6) is 0 Å². The number of amides is 1. The Morgan fingerprint density at radius 2 is 1.91 bits per heavy atom. The van der Waals surface area contributed by atoms with Gasteiger partial charge in [0.1, 0.15) is 23.3 Å². The Balaban J connectivity index is 2.20. The maximum absolute atomic E-state index is 13.6. The Hall–Kier alpha value is -3.00. The number of carbonyl (C=O) groups is 1. The fourth-order valence-corrected chi connectivity index (χ4v) is 2.03. The van der Waals surface area contributed by atoms with Gasteiger partial charge < -0.3 is 5.32 Å². The minimum absolute atomic E-state index is 0.149. The molecule has 2 rings (SSSR count). The molecule has 0 aliphatic rings. The molecule has 0 aromatic heterocycles. The molecule has 0 radical (unpaired) electrons. The van der Waals surface area contributed by atoms with Crippen LogP contribution in [0.4, 0.5) is 8.78 Å². The smallest absolute Gasteiger partial charge is 0.262 e. The molecule has 2 aromatic carbocycles. The highest BCUT2D eigenvalue weighted by Crippen LogP contribution is 2.16. The third-order valence-electron chi connectivity index (χ3n) is 3.27. The largest absolute Gasteiger partial charge is 0.345 e. The molecule has 0 aliphatic heterocycles. The Kier molecular flexibility index (Phi) is 5.21. The van der Waals surface area contributed by atoms with E-state index in [0.29, 0.717) is 0 Å². The second-order valence-corrected chi connectivity index (χ2v) is 4.94. The monoisotopic (exact) mass is 312 g/mol. The summed E-state index contributed by atoms with van der Waals surface area (Å²) < 4.78 is 26.8. The summed E-state index contributed by atoms with van der Waals surface area (Å²) in [5, 5.41) is 11.8. The van der Waals surface area contributed by atoms with Crippen LogP contribution in [0.25, 0.3) is 6.08 Å². The third-order valence-corrected chi connectivity index (χ3v) is 3.27. The molecule has 5 heteroatoms. The molecule has 0 heterocycles. The van der Waals surface area contributed by atoms with Crippen LogP contribution in [-0.4, -0.2) is 5.91 Å². The number of nitrogens with one attached hydrogen (secondary N) is 1. The zero-order chi connectivity index (χ0) is 16.8. The van der Waals surface area contributed by atoms with Gasteiger partial charge in [0.2, 0.25) is 0 Å². The lowest BCUT2D eigenvalue weighted by Gasteiger charge is -2.13. The number of nitrogens with zero attached hydrogens (tertiary/aromatic N) is 1. The molecule has 0 unspecified atom stereocenters. The minimum atomic E-state index is -0.706. The van der Waals surface area contributed by atoms with Crippen molar-refractivity contribution >= 4 is 12.0 Å². The number of halogens is 2. The molecule has 116 valence electrons. The predicted molar refractivity (Wildman–Crippen MR) is 82.9 cm³/mol. The second-order valence-electron chi connectivity index (χ2n) is 4.94. The predicted octanol–water partition coefficient (Wildman–Crippen LogP) is 3.75. The van der Waals surface area contributed by atoms with Gasteiger partial charge in [-0.05, 0) is 36.8 Å². The zero-order valence-corrected chi connectivity index (χ0v) is 12.4. The first-order valence-electron chi connectivity index (χ1n) is 6.94. The third kappa shape index (κ3) is 4.24. The first-order valence-corrected chi connectivity index (χ1v) is 6.94. The molecule has 0 spiro atoms. The number of carbonyl (C=O) groups excluding carboxylic acids is 1. The summed E-state index contributed by atoms with van der Waals surface area (Å²) in [5.74, 6) is -2.00. The van der Waals surface area contributed by atoms with E-state index in [0.717, 1.165) is 29.8 Å². The average molecular weight is 312 g/mol. The maximum Gasteiger partial charge on any atom is 0.262 e. The van der Waals surface area contributed by atoms with Crippen LogP contribution in [0.15, 0.2) is 54.1 Å². The van der Waals surface area contributed by atoms with E-state index in [2.05, 4.69) is 5.32 Å². The topological polar surface area (TPSA) is 52.9 Å². The van der Waals surface area contributed by atoms with Crippen LogP contribution >= 0.6 is 0 Å². The first kappa shape index (κ1) is 16.4. The molecule has 0 fully saturated rings. The summed E-state index contributed by atoms with van der Waals surface area (Å²) in [7, 11) is 0. The molecule has 0 bridgehead atoms. The van der Waals surface area contributed by atoms with Crippen molar-refractivity contribution in [3.05, 3.63) is 76.9 Å². The summed E-state index contributed by atoms with van der Waals surface area (Å²) in [5.41, 5.74) is 0.427. The van der Waals surface area contributed by atoms with E-state index in [1.807, 2.05) is 30.3 Å². The van der Waals surface area contributed by atoms with Crippen LogP contribution in [0.1, 0.15) is 24.1 Å². The quantitative estimate of drug-likeness (QED) is 0.690. The van der Waals surface area contributed by atoms with Gasteiger partial charge in [-0.1, -0.05) is 30.3 Å². The maximum atomic E-state index is 13.6. The van der Waals surface area contributed by atoms with Crippen molar-refractivity contribution in [1.29, 1.82) is 5.26 Å². The van der Waals surface area contributed by atoms with E-state index in [9.17, 15) is 13.6 Å². The van der Waals surface area contributed by atoms with Gasteiger partial charge in [-0.3, -0.25) is 4.79 Å². The molecule has 0 saturated heterocycles. The van der Waals surface area contributed by atoms with Crippen LogP contribution in [0.2, 0.25) is 0 Å². The molecule has 3 nitrogen and oxygen atoms in total. The van der Waals surface area contributed by atoms with Crippen molar-refractivity contribution in [1.82, 2.24) is 5.32 Å². The summed E-state index contributed by atoms with van der Waals surface area (Å²) in [6.45, 7) is 1.77. The second kappa shape index (κ2) is 7.32. The van der Waals surface area contributed by atoms with Crippen molar-refractivity contribution in [2.24, 2.45) is 0 Å². The van der Waals surface area contributed by atoms with Crippen LogP contribution in [0, 0.1) is 23.0 Å². The molecule has 0 saturated carbocycles. The summed E-state index contributed by atoms with van der Waals surface area (Å²) >= 11 is 0. The van der Waals surface area contributed by atoms with Crippen molar-refractivity contribution in [3.8, 4) is 6.07 Å². The molecule has 2 aromatic rings.